The Morgan fingerprint density at radius 3 is 2.59 bits per heavy atom. The number of benzene rings is 1. The molecule has 0 saturated carbocycles. The van der Waals surface area contributed by atoms with Crippen LogP contribution in [-0.2, 0) is 0 Å². The standard InChI is InChI=1S/C24H17N5/c1-2-5-16(6-3-1)24-28-22-18-8-11-26-14-20(18)21-15-27-12-9-19(21)23(22)29(24)17-7-4-10-25-13-17/h1-15,19,21H. The van der Waals surface area contributed by atoms with Crippen molar-refractivity contribution in [3.8, 4) is 28.3 Å². The molecule has 5 heteroatoms. The van der Waals surface area contributed by atoms with Crippen molar-refractivity contribution in [1.82, 2.24) is 19.5 Å². The van der Waals surface area contributed by atoms with Gasteiger partial charge in [-0.1, -0.05) is 36.4 Å². The third-order valence-corrected chi connectivity index (χ3v) is 5.64. The second kappa shape index (κ2) is 6.34. The van der Waals surface area contributed by atoms with Crippen molar-refractivity contribution in [2.75, 3.05) is 0 Å². The fraction of sp³-hybridized carbons (Fsp3) is 0.0833. The number of pyridine rings is 2. The van der Waals surface area contributed by atoms with Crippen LogP contribution >= 0.6 is 0 Å². The Morgan fingerprint density at radius 2 is 1.72 bits per heavy atom. The fourth-order valence-corrected chi connectivity index (χ4v) is 4.39. The number of aliphatic imine (C=N–C) groups is 1. The van der Waals surface area contributed by atoms with Gasteiger partial charge >= 0.3 is 0 Å². The number of nitrogens with zero attached hydrogens (tertiary/aromatic N) is 5. The molecule has 1 aliphatic carbocycles. The number of hydrogen-bond acceptors (Lipinski definition) is 4. The van der Waals surface area contributed by atoms with Gasteiger partial charge in [0.2, 0.25) is 0 Å². The number of aromatic nitrogens is 4. The van der Waals surface area contributed by atoms with E-state index in [0.29, 0.717) is 0 Å². The zero-order chi connectivity index (χ0) is 19.2. The highest BCUT2D eigenvalue weighted by Crippen LogP contribution is 2.49. The largest absolute Gasteiger partial charge is 0.294 e. The Morgan fingerprint density at radius 1 is 0.828 bits per heavy atom. The Hall–Kier alpha value is -3.86. The molecular formula is C24H17N5. The number of fused-ring (bicyclic) bond motifs is 6. The lowest BCUT2D eigenvalue weighted by atomic mass is 9.76. The summed E-state index contributed by atoms with van der Waals surface area (Å²) in [7, 11) is 0. The van der Waals surface area contributed by atoms with Gasteiger partial charge < -0.3 is 0 Å². The first-order valence-corrected chi connectivity index (χ1v) is 9.64. The Kier molecular flexibility index (Phi) is 3.53. The summed E-state index contributed by atoms with van der Waals surface area (Å²) in [6.07, 6.45) is 13.6. The number of allylic oxidation sites excluding steroid dienone is 1. The lowest BCUT2D eigenvalue weighted by Crippen LogP contribution is -2.22. The Bertz CT molecular complexity index is 1260. The van der Waals surface area contributed by atoms with Gasteiger partial charge in [0.25, 0.3) is 0 Å². The van der Waals surface area contributed by atoms with Crippen LogP contribution in [0.3, 0.4) is 0 Å². The normalized spacial score (nSPS) is 18.8. The topological polar surface area (TPSA) is 56.0 Å². The third-order valence-electron chi connectivity index (χ3n) is 5.64. The van der Waals surface area contributed by atoms with E-state index in [1.54, 1.807) is 6.20 Å². The van der Waals surface area contributed by atoms with Gasteiger partial charge in [0.05, 0.1) is 23.3 Å². The molecule has 29 heavy (non-hydrogen) atoms. The SMILES string of the molecule is C1=CC2c3c(nc(-c4ccccc4)n3-c3cccnc3)-c3ccncc3C2C=N1. The zero-order valence-corrected chi connectivity index (χ0v) is 15.6. The van der Waals surface area contributed by atoms with Crippen LogP contribution in [0.2, 0.25) is 0 Å². The van der Waals surface area contributed by atoms with Crippen molar-refractivity contribution in [3.05, 3.63) is 96.9 Å². The average Bonchev–Trinajstić information content (AvgIpc) is 3.22. The minimum absolute atomic E-state index is 0.143. The van der Waals surface area contributed by atoms with E-state index in [4.69, 9.17) is 4.98 Å². The molecule has 0 amide bonds. The van der Waals surface area contributed by atoms with Crippen LogP contribution in [0.25, 0.3) is 28.3 Å². The Balaban J connectivity index is 1.72. The van der Waals surface area contributed by atoms with Crippen molar-refractivity contribution in [1.29, 1.82) is 0 Å². The van der Waals surface area contributed by atoms with E-state index in [9.17, 15) is 0 Å². The van der Waals surface area contributed by atoms with Gasteiger partial charge in [0, 0.05) is 54.0 Å². The maximum Gasteiger partial charge on any atom is 0.145 e. The number of hydrogen-bond donors (Lipinski definition) is 0. The molecule has 3 aromatic heterocycles. The van der Waals surface area contributed by atoms with Crippen LogP contribution in [0.5, 0.6) is 0 Å². The van der Waals surface area contributed by atoms with Gasteiger partial charge in [-0.2, -0.15) is 0 Å². The van der Waals surface area contributed by atoms with Gasteiger partial charge in [0.1, 0.15) is 5.82 Å². The van der Waals surface area contributed by atoms with E-state index < -0.39 is 0 Å². The van der Waals surface area contributed by atoms with Gasteiger partial charge in [-0.05, 0) is 23.8 Å². The average molecular weight is 375 g/mol. The van der Waals surface area contributed by atoms with Gasteiger partial charge in [-0.3, -0.25) is 19.5 Å². The maximum atomic E-state index is 5.16. The molecule has 4 heterocycles. The molecule has 1 aliphatic heterocycles. The van der Waals surface area contributed by atoms with Crippen LogP contribution in [0.4, 0.5) is 0 Å². The van der Waals surface area contributed by atoms with Crippen molar-refractivity contribution in [2.45, 2.75) is 11.8 Å². The van der Waals surface area contributed by atoms with Crippen molar-refractivity contribution >= 4 is 6.21 Å². The van der Waals surface area contributed by atoms with Crippen molar-refractivity contribution in [3.63, 3.8) is 0 Å². The van der Waals surface area contributed by atoms with Gasteiger partial charge in [-0.25, -0.2) is 4.98 Å². The molecule has 2 atom stereocenters. The predicted molar refractivity (Wildman–Crippen MR) is 113 cm³/mol. The summed E-state index contributed by atoms with van der Waals surface area (Å²) in [5, 5.41) is 0. The molecule has 0 fully saturated rings. The smallest absolute Gasteiger partial charge is 0.145 e. The molecule has 0 N–H and O–H groups in total. The van der Waals surface area contributed by atoms with E-state index in [-0.39, 0.29) is 11.8 Å². The van der Waals surface area contributed by atoms with Crippen molar-refractivity contribution in [2.24, 2.45) is 4.99 Å². The zero-order valence-electron chi connectivity index (χ0n) is 15.6. The highest BCUT2D eigenvalue weighted by molar-refractivity contribution is 5.84. The summed E-state index contributed by atoms with van der Waals surface area (Å²) in [5.41, 5.74) is 6.55. The summed E-state index contributed by atoms with van der Waals surface area (Å²) in [6, 6.07) is 16.4. The molecule has 0 spiro atoms. The summed E-state index contributed by atoms with van der Waals surface area (Å²) in [4.78, 5) is 18.3. The van der Waals surface area contributed by atoms with Crippen LogP contribution in [-0.4, -0.2) is 25.7 Å². The summed E-state index contributed by atoms with van der Waals surface area (Å²) < 4.78 is 2.25. The maximum absolute atomic E-state index is 5.16. The summed E-state index contributed by atoms with van der Waals surface area (Å²) >= 11 is 0. The molecule has 4 aromatic rings. The molecule has 0 bridgehead atoms. The number of imidazole rings is 1. The first kappa shape index (κ1) is 16.1. The van der Waals surface area contributed by atoms with E-state index in [0.717, 1.165) is 28.3 Å². The first-order valence-electron chi connectivity index (χ1n) is 9.64. The molecule has 6 rings (SSSR count). The molecule has 2 aliphatic rings. The molecule has 0 saturated heterocycles. The van der Waals surface area contributed by atoms with E-state index in [1.165, 1.54) is 11.3 Å². The minimum Gasteiger partial charge on any atom is -0.294 e. The summed E-state index contributed by atoms with van der Waals surface area (Å²) in [5.74, 6) is 1.21. The molecule has 138 valence electrons. The molecule has 0 radical (unpaired) electrons. The molecule has 1 aromatic carbocycles. The second-order valence-corrected chi connectivity index (χ2v) is 7.24. The lowest BCUT2D eigenvalue weighted by Gasteiger charge is -2.31. The highest BCUT2D eigenvalue weighted by atomic mass is 15.1. The van der Waals surface area contributed by atoms with Crippen LogP contribution in [0.15, 0.2) is 90.6 Å². The Labute approximate surface area is 168 Å². The van der Waals surface area contributed by atoms with E-state index in [2.05, 4.69) is 49.9 Å². The monoisotopic (exact) mass is 375 g/mol. The van der Waals surface area contributed by atoms with Crippen molar-refractivity contribution < 1.29 is 0 Å². The van der Waals surface area contributed by atoms with Gasteiger partial charge in [0.15, 0.2) is 0 Å². The highest BCUT2D eigenvalue weighted by Gasteiger charge is 2.38. The van der Waals surface area contributed by atoms with Crippen LogP contribution < -0.4 is 0 Å². The van der Waals surface area contributed by atoms with Crippen LogP contribution in [0.1, 0.15) is 23.1 Å². The first-order chi connectivity index (χ1) is 14.4. The van der Waals surface area contributed by atoms with E-state index in [1.807, 2.05) is 55.3 Å². The molecular weight excluding hydrogens is 358 g/mol. The van der Waals surface area contributed by atoms with Crippen LogP contribution in [0, 0.1) is 0 Å². The van der Waals surface area contributed by atoms with E-state index >= 15 is 0 Å². The quantitative estimate of drug-likeness (QED) is 0.507. The second-order valence-electron chi connectivity index (χ2n) is 7.24. The van der Waals surface area contributed by atoms with Gasteiger partial charge in [-0.15, -0.1) is 0 Å². The fourth-order valence-electron chi connectivity index (χ4n) is 4.39. The molecule has 5 nitrogen and oxygen atoms in total. The summed E-state index contributed by atoms with van der Waals surface area (Å²) in [6.45, 7) is 0. The third kappa shape index (κ3) is 2.41. The molecule has 2 unspecified atom stereocenters. The lowest BCUT2D eigenvalue weighted by molar-refractivity contribution is 0.713. The minimum atomic E-state index is 0.143. The predicted octanol–water partition coefficient (Wildman–Crippen LogP) is 4.78. The number of rotatable bonds is 2.